The van der Waals surface area contributed by atoms with Crippen LogP contribution in [0.25, 0.3) is 0 Å². The lowest BCUT2D eigenvalue weighted by Crippen LogP contribution is -2.44. The Kier molecular flexibility index (Phi) is 6.94. The third-order valence-electron chi connectivity index (χ3n) is 3.91. The van der Waals surface area contributed by atoms with Gasteiger partial charge in [-0.05, 0) is 43.4 Å². The van der Waals surface area contributed by atoms with Crippen molar-refractivity contribution in [3.8, 4) is 0 Å². The van der Waals surface area contributed by atoms with Gasteiger partial charge in [0.1, 0.15) is 4.90 Å². The molecule has 21 heavy (non-hydrogen) atoms. The first kappa shape index (κ1) is 18.7. The lowest BCUT2D eigenvalue weighted by molar-refractivity contribution is 0.405. The number of hydrogen-bond donors (Lipinski definition) is 2. The fourth-order valence-corrected chi connectivity index (χ4v) is 4.70. The SMILES string of the molecule is Cc1ccc(S(=O)(=O)NC(CN)C2CCCC2)c(Cl)c1.Cl. The molecule has 2 rings (SSSR count). The number of aryl methyl sites for hydroxylation is 1. The summed E-state index contributed by atoms with van der Waals surface area (Å²) in [5, 5.41) is 0.250. The highest BCUT2D eigenvalue weighted by molar-refractivity contribution is 7.89. The van der Waals surface area contributed by atoms with Gasteiger partial charge < -0.3 is 5.73 Å². The van der Waals surface area contributed by atoms with Gasteiger partial charge in [-0.15, -0.1) is 12.4 Å². The molecule has 1 aliphatic rings. The number of benzene rings is 1. The molecule has 0 radical (unpaired) electrons. The van der Waals surface area contributed by atoms with Crippen molar-refractivity contribution in [1.29, 1.82) is 0 Å². The van der Waals surface area contributed by atoms with Crippen LogP contribution in [0.1, 0.15) is 31.2 Å². The van der Waals surface area contributed by atoms with Gasteiger partial charge in [0.05, 0.1) is 5.02 Å². The summed E-state index contributed by atoms with van der Waals surface area (Å²) in [5.41, 5.74) is 6.67. The second-order valence-corrected chi connectivity index (χ2v) is 7.53. The van der Waals surface area contributed by atoms with Gasteiger partial charge in [0.2, 0.25) is 10.0 Å². The van der Waals surface area contributed by atoms with Crippen molar-refractivity contribution in [2.45, 2.75) is 43.5 Å². The van der Waals surface area contributed by atoms with Gasteiger partial charge in [0.15, 0.2) is 0 Å². The number of halogens is 2. The summed E-state index contributed by atoms with van der Waals surface area (Å²) in [6, 6.07) is 4.73. The van der Waals surface area contributed by atoms with Crippen LogP contribution in [0.4, 0.5) is 0 Å². The lowest BCUT2D eigenvalue weighted by Gasteiger charge is -2.23. The predicted octanol–water partition coefficient (Wildman–Crippen LogP) is 2.87. The topological polar surface area (TPSA) is 72.2 Å². The first-order valence-corrected chi connectivity index (χ1v) is 8.78. The molecule has 0 heterocycles. The van der Waals surface area contributed by atoms with Crippen LogP contribution in [0.5, 0.6) is 0 Å². The second kappa shape index (κ2) is 7.79. The van der Waals surface area contributed by atoms with Crippen LogP contribution >= 0.6 is 24.0 Å². The third-order valence-corrected chi connectivity index (χ3v) is 5.88. The second-order valence-electron chi connectivity index (χ2n) is 5.44. The molecule has 0 spiro atoms. The fraction of sp³-hybridized carbons (Fsp3) is 0.571. The van der Waals surface area contributed by atoms with Crippen molar-refractivity contribution < 1.29 is 8.42 Å². The maximum absolute atomic E-state index is 12.4. The molecule has 1 fully saturated rings. The van der Waals surface area contributed by atoms with Crippen molar-refractivity contribution in [1.82, 2.24) is 4.72 Å². The zero-order chi connectivity index (χ0) is 14.8. The van der Waals surface area contributed by atoms with E-state index in [0.717, 1.165) is 31.2 Å². The Bertz CT molecular complexity index is 572. The summed E-state index contributed by atoms with van der Waals surface area (Å²) in [6.07, 6.45) is 4.36. The maximum atomic E-state index is 12.4. The molecule has 1 saturated carbocycles. The maximum Gasteiger partial charge on any atom is 0.242 e. The Morgan fingerprint density at radius 2 is 2.00 bits per heavy atom. The van der Waals surface area contributed by atoms with Gasteiger partial charge in [-0.1, -0.05) is 30.5 Å². The fourth-order valence-electron chi connectivity index (χ4n) is 2.78. The van der Waals surface area contributed by atoms with E-state index < -0.39 is 10.0 Å². The van der Waals surface area contributed by atoms with E-state index in [4.69, 9.17) is 17.3 Å². The van der Waals surface area contributed by atoms with E-state index in [2.05, 4.69) is 4.72 Å². The van der Waals surface area contributed by atoms with Crippen molar-refractivity contribution in [2.75, 3.05) is 6.54 Å². The molecular formula is C14H22Cl2N2O2S. The minimum atomic E-state index is -3.62. The molecule has 0 saturated heterocycles. The van der Waals surface area contributed by atoms with E-state index in [1.54, 1.807) is 18.2 Å². The number of sulfonamides is 1. The normalized spacial score (nSPS) is 17.5. The van der Waals surface area contributed by atoms with Crippen molar-refractivity contribution in [3.63, 3.8) is 0 Å². The molecule has 1 aromatic rings. The van der Waals surface area contributed by atoms with Crippen molar-refractivity contribution in [3.05, 3.63) is 28.8 Å². The Balaban J connectivity index is 0.00000220. The molecule has 1 aromatic carbocycles. The van der Waals surface area contributed by atoms with Gasteiger partial charge >= 0.3 is 0 Å². The molecule has 3 N–H and O–H groups in total. The highest BCUT2D eigenvalue weighted by Gasteiger charge is 2.29. The molecule has 4 nitrogen and oxygen atoms in total. The van der Waals surface area contributed by atoms with E-state index >= 15 is 0 Å². The summed E-state index contributed by atoms with van der Waals surface area (Å²) in [7, 11) is -3.62. The first-order chi connectivity index (χ1) is 9.44. The number of hydrogen-bond acceptors (Lipinski definition) is 3. The lowest BCUT2D eigenvalue weighted by atomic mass is 9.99. The zero-order valence-corrected chi connectivity index (χ0v) is 14.4. The number of nitrogens with two attached hydrogens (primary N) is 1. The highest BCUT2D eigenvalue weighted by atomic mass is 35.5. The van der Waals surface area contributed by atoms with E-state index in [0.29, 0.717) is 12.5 Å². The van der Waals surface area contributed by atoms with Crippen LogP contribution < -0.4 is 10.5 Å². The minimum absolute atomic E-state index is 0. The van der Waals surface area contributed by atoms with Crippen LogP contribution in [-0.2, 0) is 10.0 Å². The van der Waals surface area contributed by atoms with Gasteiger partial charge in [0.25, 0.3) is 0 Å². The first-order valence-electron chi connectivity index (χ1n) is 6.92. The van der Waals surface area contributed by atoms with E-state index in [1.165, 1.54) is 0 Å². The summed E-state index contributed by atoms with van der Waals surface area (Å²) in [5.74, 6) is 0.332. The van der Waals surface area contributed by atoms with Crippen LogP contribution in [0.2, 0.25) is 5.02 Å². The molecule has 1 unspecified atom stereocenters. The predicted molar refractivity (Wildman–Crippen MR) is 88.6 cm³/mol. The number of nitrogens with one attached hydrogen (secondary N) is 1. The van der Waals surface area contributed by atoms with E-state index in [-0.39, 0.29) is 28.4 Å². The molecule has 0 amide bonds. The Morgan fingerprint density at radius 3 is 2.52 bits per heavy atom. The summed E-state index contributed by atoms with van der Waals surface area (Å²) >= 11 is 6.05. The Morgan fingerprint density at radius 1 is 1.38 bits per heavy atom. The third kappa shape index (κ3) is 4.57. The standard InChI is InChI=1S/C14H21ClN2O2S.ClH/c1-10-6-7-14(12(15)8-10)20(18,19)17-13(9-16)11-4-2-3-5-11;/h6-8,11,13,17H,2-5,9,16H2,1H3;1H. The zero-order valence-electron chi connectivity index (χ0n) is 12.0. The Labute approximate surface area is 137 Å². The molecule has 0 bridgehead atoms. The van der Waals surface area contributed by atoms with Crippen LogP contribution in [0.3, 0.4) is 0 Å². The van der Waals surface area contributed by atoms with E-state index in [1.807, 2.05) is 6.92 Å². The molecule has 1 atom stereocenters. The average molecular weight is 353 g/mol. The van der Waals surface area contributed by atoms with Crippen LogP contribution in [0.15, 0.2) is 23.1 Å². The highest BCUT2D eigenvalue weighted by Crippen LogP contribution is 2.29. The smallest absolute Gasteiger partial charge is 0.242 e. The summed E-state index contributed by atoms with van der Waals surface area (Å²) < 4.78 is 27.6. The molecule has 0 aromatic heterocycles. The summed E-state index contributed by atoms with van der Waals surface area (Å²) in [4.78, 5) is 0.126. The Hall–Kier alpha value is -0.330. The molecule has 1 aliphatic carbocycles. The average Bonchev–Trinajstić information content (AvgIpc) is 2.89. The van der Waals surface area contributed by atoms with Crippen LogP contribution in [0, 0.1) is 12.8 Å². The van der Waals surface area contributed by atoms with Crippen molar-refractivity contribution >= 4 is 34.0 Å². The molecular weight excluding hydrogens is 331 g/mol. The van der Waals surface area contributed by atoms with Crippen LogP contribution in [-0.4, -0.2) is 21.0 Å². The van der Waals surface area contributed by atoms with Crippen molar-refractivity contribution in [2.24, 2.45) is 11.7 Å². The molecule has 7 heteroatoms. The van der Waals surface area contributed by atoms with Gasteiger partial charge in [-0.2, -0.15) is 0 Å². The largest absolute Gasteiger partial charge is 0.329 e. The van der Waals surface area contributed by atoms with Gasteiger partial charge in [0, 0.05) is 12.6 Å². The van der Waals surface area contributed by atoms with Gasteiger partial charge in [-0.3, -0.25) is 0 Å². The molecule has 0 aliphatic heterocycles. The summed E-state index contributed by atoms with van der Waals surface area (Å²) in [6.45, 7) is 2.18. The van der Waals surface area contributed by atoms with Gasteiger partial charge in [-0.25, -0.2) is 13.1 Å². The number of rotatable bonds is 5. The monoisotopic (exact) mass is 352 g/mol. The van der Waals surface area contributed by atoms with E-state index in [9.17, 15) is 8.42 Å². The minimum Gasteiger partial charge on any atom is -0.329 e. The molecule has 120 valence electrons. The quantitative estimate of drug-likeness (QED) is 0.855.